The number of aromatic nitrogens is 1. The van der Waals surface area contributed by atoms with Crippen LogP contribution in [0.4, 0.5) is 4.53 Å². The van der Waals surface area contributed by atoms with Gasteiger partial charge in [0.1, 0.15) is 6.54 Å². The third kappa shape index (κ3) is 2.86. The molecule has 0 atom stereocenters. The minimum absolute atomic E-state index is 0.218. The van der Waals surface area contributed by atoms with E-state index in [4.69, 9.17) is 5.26 Å². The zero-order chi connectivity index (χ0) is 13.5. The highest BCUT2D eigenvalue weighted by molar-refractivity contribution is 5.68. The second-order valence-corrected chi connectivity index (χ2v) is 3.56. The first-order valence-corrected chi connectivity index (χ1v) is 5.33. The molecule has 1 aromatic heterocycles. The number of hydrogen-bond acceptors (Lipinski definition) is 3. The van der Waals surface area contributed by atoms with Crippen molar-refractivity contribution < 1.29 is 14.3 Å². The second kappa shape index (κ2) is 6.40. The van der Waals surface area contributed by atoms with Gasteiger partial charge >= 0.3 is 5.97 Å². The third-order valence-corrected chi connectivity index (χ3v) is 2.46. The summed E-state index contributed by atoms with van der Waals surface area (Å²) in [6, 6.07) is 2.05. The molecule has 0 amide bonds. The Bertz CT molecular complexity index is 608. The van der Waals surface area contributed by atoms with Gasteiger partial charge in [-0.05, 0) is 23.8 Å². The molecule has 0 aromatic carbocycles. The molecule has 5 heteroatoms. The summed E-state index contributed by atoms with van der Waals surface area (Å²) in [6.07, 6.45) is 6.96. The van der Waals surface area contributed by atoms with Gasteiger partial charge in [-0.25, -0.2) is 4.79 Å². The maximum absolute atomic E-state index is 11.8. The molecule has 0 fully saturated rings. The lowest BCUT2D eigenvalue weighted by atomic mass is 10.2. The van der Waals surface area contributed by atoms with Crippen LogP contribution in [0.25, 0.3) is 12.2 Å². The SMILES string of the molecule is C=C/C=c1\c(=C/C)c(CC#N)cn1CC(=O)OF. The van der Waals surface area contributed by atoms with Crippen LogP contribution < -0.4 is 10.6 Å². The van der Waals surface area contributed by atoms with E-state index < -0.39 is 5.97 Å². The van der Waals surface area contributed by atoms with Gasteiger partial charge in [-0.15, -0.1) is 0 Å². The minimum Gasteiger partial charge on any atom is -0.336 e. The third-order valence-electron chi connectivity index (χ3n) is 2.46. The normalized spacial score (nSPS) is 12.3. The van der Waals surface area contributed by atoms with Crippen LogP contribution in [0, 0.1) is 11.3 Å². The quantitative estimate of drug-likeness (QED) is 0.790. The van der Waals surface area contributed by atoms with E-state index in [0.29, 0.717) is 5.35 Å². The Balaban J connectivity index is 3.43. The fraction of sp³-hybridized carbons (Fsp3) is 0.231. The maximum atomic E-state index is 11.8. The molecule has 18 heavy (non-hydrogen) atoms. The molecule has 0 saturated carbocycles. The van der Waals surface area contributed by atoms with Gasteiger partial charge in [-0.1, -0.05) is 18.7 Å². The van der Waals surface area contributed by atoms with Crippen molar-refractivity contribution in [2.45, 2.75) is 19.9 Å². The second-order valence-electron chi connectivity index (χ2n) is 3.56. The van der Waals surface area contributed by atoms with E-state index in [0.717, 1.165) is 10.8 Å². The Labute approximate surface area is 104 Å². The van der Waals surface area contributed by atoms with Gasteiger partial charge in [-0.2, -0.15) is 5.26 Å². The predicted molar refractivity (Wildman–Crippen MR) is 65.0 cm³/mol. The summed E-state index contributed by atoms with van der Waals surface area (Å²) in [5, 5.41) is 10.3. The number of carbonyl (C=O) groups excluding carboxylic acids is 1. The van der Waals surface area contributed by atoms with E-state index in [1.807, 2.05) is 19.1 Å². The van der Waals surface area contributed by atoms with Crippen molar-refractivity contribution >= 4 is 18.1 Å². The van der Waals surface area contributed by atoms with Crippen molar-refractivity contribution in [3.8, 4) is 6.07 Å². The van der Waals surface area contributed by atoms with Crippen LogP contribution in [0.15, 0.2) is 18.9 Å². The Morgan fingerprint density at radius 3 is 2.94 bits per heavy atom. The van der Waals surface area contributed by atoms with Crippen LogP contribution in [0.5, 0.6) is 0 Å². The van der Waals surface area contributed by atoms with Crippen LogP contribution in [-0.2, 0) is 22.7 Å². The van der Waals surface area contributed by atoms with Crippen molar-refractivity contribution in [1.29, 1.82) is 5.26 Å². The van der Waals surface area contributed by atoms with Crippen molar-refractivity contribution in [2.75, 3.05) is 0 Å². The lowest BCUT2D eigenvalue weighted by Gasteiger charge is -1.98. The fourth-order valence-corrected chi connectivity index (χ4v) is 1.80. The van der Waals surface area contributed by atoms with Crippen molar-refractivity contribution in [1.82, 2.24) is 4.57 Å². The molecule has 1 aromatic rings. The topological polar surface area (TPSA) is 55.0 Å². The smallest absolute Gasteiger partial charge is 0.336 e. The summed E-state index contributed by atoms with van der Waals surface area (Å²) in [5.41, 5.74) is 0.778. The molecule has 0 spiro atoms. The average molecular weight is 248 g/mol. The van der Waals surface area contributed by atoms with E-state index >= 15 is 0 Å². The van der Waals surface area contributed by atoms with Gasteiger partial charge < -0.3 is 4.57 Å². The Hall–Kier alpha value is -2.35. The van der Waals surface area contributed by atoms with Gasteiger partial charge in [0.2, 0.25) is 0 Å². The molecular weight excluding hydrogens is 235 g/mol. The van der Waals surface area contributed by atoms with E-state index in [1.54, 1.807) is 18.3 Å². The van der Waals surface area contributed by atoms with E-state index in [2.05, 4.69) is 11.5 Å². The molecule has 0 aliphatic rings. The molecule has 1 rings (SSSR count). The Morgan fingerprint density at radius 2 is 2.44 bits per heavy atom. The number of allylic oxidation sites excluding steroid dienone is 1. The van der Waals surface area contributed by atoms with Crippen LogP contribution >= 0.6 is 0 Å². The van der Waals surface area contributed by atoms with Crippen LogP contribution in [-0.4, -0.2) is 10.5 Å². The summed E-state index contributed by atoms with van der Waals surface area (Å²) in [6.45, 7) is 5.17. The summed E-state index contributed by atoms with van der Waals surface area (Å²) in [7, 11) is 0. The lowest BCUT2D eigenvalue weighted by molar-refractivity contribution is -0.184. The Kier molecular flexibility index (Phi) is 4.88. The summed E-state index contributed by atoms with van der Waals surface area (Å²) in [4.78, 5) is 14.1. The number of nitriles is 1. The first-order valence-electron chi connectivity index (χ1n) is 5.33. The van der Waals surface area contributed by atoms with Crippen molar-refractivity contribution in [2.24, 2.45) is 0 Å². The molecule has 94 valence electrons. The number of nitrogens with zero attached hydrogens (tertiary/aromatic N) is 2. The molecule has 0 bridgehead atoms. The molecule has 0 radical (unpaired) electrons. The number of carbonyl (C=O) groups is 1. The Morgan fingerprint density at radius 1 is 1.72 bits per heavy atom. The number of halogens is 1. The average Bonchev–Trinajstić information content (AvgIpc) is 2.67. The molecule has 0 saturated heterocycles. The van der Waals surface area contributed by atoms with Gasteiger partial charge in [-0.3, -0.25) is 4.94 Å². The molecule has 0 aliphatic carbocycles. The van der Waals surface area contributed by atoms with E-state index in [1.165, 1.54) is 4.57 Å². The molecule has 0 aliphatic heterocycles. The van der Waals surface area contributed by atoms with Gasteiger partial charge in [0.25, 0.3) is 0 Å². The standard InChI is InChI=1S/C13H13FN2O2/c1-3-5-12-11(4-2)10(6-7-15)8-16(12)9-13(17)18-14/h3-5,8H,1,6,9H2,2H3/b11-4-,12-5+. The first-order chi connectivity index (χ1) is 8.67. The van der Waals surface area contributed by atoms with Gasteiger partial charge in [0.05, 0.1) is 12.5 Å². The molecule has 0 N–H and O–H groups in total. The largest absolute Gasteiger partial charge is 0.368 e. The van der Waals surface area contributed by atoms with Crippen LogP contribution in [0.2, 0.25) is 0 Å². The highest BCUT2D eigenvalue weighted by Crippen LogP contribution is 1.94. The van der Waals surface area contributed by atoms with E-state index in [-0.39, 0.29) is 13.0 Å². The fourth-order valence-electron chi connectivity index (χ4n) is 1.80. The van der Waals surface area contributed by atoms with Crippen molar-refractivity contribution in [3.05, 3.63) is 35.0 Å². The monoisotopic (exact) mass is 248 g/mol. The van der Waals surface area contributed by atoms with Crippen LogP contribution in [0.1, 0.15) is 12.5 Å². The summed E-state index contributed by atoms with van der Waals surface area (Å²) in [5.74, 6) is -0.991. The summed E-state index contributed by atoms with van der Waals surface area (Å²) >= 11 is 0. The number of hydrogen-bond donors (Lipinski definition) is 0. The predicted octanol–water partition coefficient (Wildman–Crippen LogP) is 0.749. The van der Waals surface area contributed by atoms with Crippen molar-refractivity contribution in [3.63, 3.8) is 0 Å². The minimum atomic E-state index is -0.991. The zero-order valence-corrected chi connectivity index (χ0v) is 10.0. The zero-order valence-electron chi connectivity index (χ0n) is 10.0. The molecular formula is C13H13FN2O2. The highest BCUT2D eigenvalue weighted by Gasteiger charge is 2.09. The maximum Gasteiger partial charge on any atom is 0.368 e. The van der Waals surface area contributed by atoms with E-state index in [9.17, 15) is 9.32 Å². The highest BCUT2D eigenvalue weighted by atomic mass is 19.3. The van der Waals surface area contributed by atoms with Gasteiger partial charge in [0, 0.05) is 16.1 Å². The molecule has 4 nitrogen and oxygen atoms in total. The van der Waals surface area contributed by atoms with Gasteiger partial charge in [0.15, 0.2) is 0 Å². The summed E-state index contributed by atoms with van der Waals surface area (Å²) < 4.78 is 13.3. The molecule has 0 unspecified atom stereocenters. The van der Waals surface area contributed by atoms with Crippen LogP contribution in [0.3, 0.4) is 0 Å². The first kappa shape index (κ1) is 13.7. The molecule has 1 heterocycles. The lowest BCUT2D eigenvalue weighted by Crippen LogP contribution is -2.31. The number of rotatable bonds is 4.